The van der Waals surface area contributed by atoms with Crippen molar-refractivity contribution in [3.8, 4) is 12.0 Å². The average molecular weight is 253 g/mol. The normalized spacial score (nSPS) is 23.2. The number of hydrogen-bond donors (Lipinski definition) is 1. The van der Waals surface area contributed by atoms with Crippen LogP contribution in [0.4, 0.5) is 5.95 Å². The Hall–Kier alpha value is -1.63. The summed E-state index contributed by atoms with van der Waals surface area (Å²) in [4.78, 5) is 14.6. The number of aromatic nitrogens is 3. The molecule has 7 nitrogen and oxygen atoms in total. The zero-order valence-corrected chi connectivity index (χ0v) is 11.0. The third-order valence-corrected chi connectivity index (χ3v) is 3.20. The average Bonchev–Trinajstić information content (AvgIpc) is 2.79. The maximum atomic E-state index is 5.72. The van der Waals surface area contributed by atoms with Crippen LogP contribution in [0.5, 0.6) is 12.0 Å². The van der Waals surface area contributed by atoms with E-state index in [9.17, 15) is 0 Å². The highest BCUT2D eigenvalue weighted by Crippen LogP contribution is 2.27. The summed E-state index contributed by atoms with van der Waals surface area (Å²) in [6.07, 6.45) is 1.05. The topological polar surface area (TPSA) is 86.4 Å². The molecule has 100 valence electrons. The van der Waals surface area contributed by atoms with E-state index in [1.807, 2.05) is 0 Å². The molecule has 18 heavy (non-hydrogen) atoms. The minimum Gasteiger partial charge on any atom is -0.467 e. The first-order valence-electron chi connectivity index (χ1n) is 5.98. The Morgan fingerprint density at radius 1 is 1.22 bits per heavy atom. The first-order chi connectivity index (χ1) is 8.67. The van der Waals surface area contributed by atoms with Gasteiger partial charge in [0.2, 0.25) is 5.95 Å². The van der Waals surface area contributed by atoms with Crippen LogP contribution in [0, 0.1) is 5.92 Å². The van der Waals surface area contributed by atoms with Gasteiger partial charge in [-0.25, -0.2) is 0 Å². The van der Waals surface area contributed by atoms with Gasteiger partial charge in [0.1, 0.15) is 0 Å². The van der Waals surface area contributed by atoms with Gasteiger partial charge in [0, 0.05) is 12.6 Å². The zero-order chi connectivity index (χ0) is 13.1. The molecule has 1 aliphatic heterocycles. The molecule has 2 atom stereocenters. The molecular weight excluding hydrogens is 234 g/mol. The molecule has 1 saturated heterocycles. The van der Waals surface area contributed by atoms with E-state index in [0.717, 1.165) is 13.0 Å². The molecule has 1 aromatic heterocycles. The number of nitrogens with two attached hydrogens (primary N) is 1. The van der Waals surface area contributed by atoms with Crippen LogP contribution in [0.25, 0.3) is 0 Å². The van der Waals surface area contributed by atoms with Gasteiger partial charge in [-0.2, -0.15) is 9.97 Å². The van der Waals surface area contributed by atoms with Crippen molar-refractivity contribution in [3.63, 3.8) is 0 Å². The molecule has 1 aliphatic rings. The minimum absolute atomic E-state index is 0.264. The molecule has 2 heterocycles. The van der Waals surface area contributed by atoms with E-state index in [4.69, 9.17) is 15.2 Å². The number of nitrogens with zero attached hydrogens (tertiary/aromatic N) is 4. The number of rotatable bonds is 4. The molecule has 7 heteroatoms. The van der Waals surface area contributed by atoms with Crippen molar-refractivity contribution >= 4 is 5.95 Å². The molecule has 1 fully saturated rings. The number of hydrogen-bond acceptors (Lipinski definition) is 7. The van der Waals surface area contributed by atoms with Crippen molar-refractivity contribution in [1.29, 1.82) is 0 Å². The molecule has 0 radical (unpaired) electrons. The van der Waals surface area contributed by atoms with Crippen molar-refractivity contribution in [1.82, 2.24) is 15.0 Å². The van der Waals surface area contributed by atoms with Crippen LogP contribution in [-0.4, -0.2) is 48.3 Å². The van der Waals surface area contributed by atoms with Crippen LogP contribution in [0.15, 0.2) is 0 Å². The predicted octanol–water partition coefficient (Wildman–Crippen LogP) is 0.0623. The second-order valence-electron chi connectivity index (χ2n) is 4.45. The second kappa shape index (κ2) is 5.34. The molecule has 0 amide bonds. The van der Waals surface area contributed by atoms with Crippen LogP contribution >= 0.6 is 0 Å². The Morgan fingerprint density at radius 2 is 1.83 bits per heavy atom. The molecule has 0 saturated carbocycles. The van der Waals surface area contributed by atoms with Gasteiger partial charge in [-0.05, 0) is 25.8 Å². The molecule has 2 rings (SSSR count). The third-order valence-electron chi connectivity index (χ3n) is 3.20. The van der Waals surface area contributed by atoms with Gasteiger partial charge >= 0.3 is 12.0 Å². The Morgan fingerprint density at radius 3 is 2.28 bits per heavy atom. The van der Waals surface area contributed by atoms with Gasteiger partial charge in [-0.1, -0.05) is 0 Å². The molecular formula is C11H19N5O2. The summed E-state index contributed by atoms with van der Waals surface area (Å²) in [5.41, 5.74) is 5.72. The summed E-state index contributed by atoms with van der Waals surface area (Å²) in [5.74, 6) is 1.07. The molecule has 1 aromatic rings. The summed E-state index contributed by atoms with van der Waals surface area (Å²) in [5, 5.41) is 0. The first kappa shape index (κ1) is 12.8. The van der Waals surface area contributed by atoms with Gasteiger partial charge in [0.15, 0.2) is 0 Å². The van der Waals surface area contributed by atoms with E-state index in [-0.39, 0.29) is 12.0 Å². The van der Waals surface area contributed by atoms with Crippen LogP contribution in [0.1, 0.15) is 13.3 Å². The highest BCUT2D eigenvalue weighted by Gasteiger charge is 2.30. The Bertz CT molecular complexity index is 392. The standard InChI is InChI=1S/C11H19N5O2/c1-7-4-8(5-12)6-16(7)9-13-10(17-2)15-11(14-9)18-3/h7-8H,4-6,12H2,1-3H3. The van der Waals surface area contributed by atoms with E-state index >= 15 is 0 Å². The van der Waals surface area contributed by atoms with Gasteiger partial charge < -0.3 is 20.1 Å². The summed E-state index contributed by atoms with van der Waals surface area (Å²) >= 11 is 0. The lowest BCUT2D eigenvalue weighted by atomic mass is 10.1. The Labute approximate surface area is 106 Å². The van der Waals surface area contributed by atoms with Gasteiger partial charge in [-0.15, -0.1) is 4.98 Å². The van der Waals surface area contributed by atoms with E-state index in [1.165, 1.54) is 14.2 Å². The smallest absolute Gasteiger partial charge is 0.324 e. The van der Waals surface area contributed by atoms with Crippen molar-refractivity contribution in [2.45, 2.75) is 19.4 Å². The SMILES string of the molecule is COc1nc(OC)nc(N2CC(CN)CC2C)n1. The monoisotopic (exact) mass is 253 g/mol. The lowest BCUT2D eigenvalue weighted by Crippen LogP contribution is -2.29. The lowest BCUT2D eigenvalue weighted by molar-refractivity contribution is 0.339. The summed E-state index contributed by atoms with van der Waals surface area (Å²) in [6, 6.07) is 0.885. The fourth-order valence-corrected chi connectivity index (χ4v) is 2.23. The van der Waals surface area contributed by atoms with E-state index < -0.39 is 0 Å². The quantitative estimate of drug-likeness (QED) is 0.812. The summed E-state index contributed by atoms with van der Waals surface area (Å²) < 4.78 is 10.1. The van der Waals surface area contributed by atoms with E-state index in [1.54, 1.807) is 0 Å². The first-order valence-corrected chi connectivity index (χ1v) is 5.98. The molecule has 0 bridgehead atoms. The fourth-order valence-electron chi connectivity index (χ4n) is 2.23. The third kappa shape index (κ3) is 2.45. The molecule has 2 N–H and O–H groups in total. The fraction of sp³-hybridized carbons (Fsp3) is 0.727. The molecule has 0 aromatic carbocycles. The van der Waals surface area contributed by atoms with Crippen LogP contribution in [-0.2, 0) is 0 Å². The zero-order valence-electron chi connectivity index (χ0n) is 11.0. The second-order valence-corrected chi connectivity index (χ2v) is 4.45. The van der Waals surface area contributed by atoms with Crippen molar-refractivity contribution in [2.24, 2.45) is 11.7 Å². The highest BCUT2D eigenvalue weighted by atomic mass is 16.5. The Kier molecular flexibility index (Phi) is 3.81. The van der Waals surface area contributed by atoms with Gasteiger partial charge in [0.25, 0.3) is 0 Å². The van der Waals surface area contributed by atoms with Crippen molar-refractivity contribution < 1.29 is 9.47 Å². The maximum Gasteiger partial charge on any atom is 0.324 e. The molecule has 2 unspecified atom stereocenters. The number of ether oxygens (including phenoxy) is 2. The molecule has 0 aliphatic carbocycles. The number of anilines is 1. The van der Waals surface area contributed by atoms with Crippen LogP contribution < -0.4 is 20.1 Å². The van der Waals surface area contributed by atoms with Gasteiger partial charge in [-0.3, -0.25) is 0 Å². The van der Waals surface area contributed by atoms with Crippen LogP contribution in [0.3, 0.4) is 0 Å². The minimum atomic E-state index is 0.264. The largest absolute Gasteiger partial charge is 0.467 e. The summed E-state index contributed by atoms with van der Waals surface area (Å²) in [7, 11) is 3.04. The van der Waals surface area contributed by atoms with Crippen LogP contribution in [0.2, 0.25) is 0 Å². The number of methoxy groups -OCH3 is 2. The van der Waals surface area contributed by atoms with Crippen molar-refractivity contribution in [3.05, 3.63) is 0 Å². The summed E-state index contributed by atoms with van der Waals surface area (Å²) in [6.45, 7) is 3.67. The van der Waals surface area contributed by atoms with E-state index in [0.29, 0.717) is 24.5 Å². The Balaban J connectivity index is 2.27. The van der Waals surface area contributed by atoms with E-state index in [2.05, 4.69) is 26.8 Å². The maximum absolute atomic E-state index is 5.72. The van der Waals surface area contributed by atoms with Gasteiger partial charge in [0.05, 0.1) is 14.2 Å². The predicted molar refractivity (Wildman–Crippen MR) is 66.9 cm³/mol. The highest BCUT2D eigenvalue weighted by molar-refractivity contribution is 5.35. The molecule has 0 spiro atoms. The lowest BCUT2D eigenvalue weighted by Gasteiger charge is -2.21. The van der Waals surface area contributed by atoms with Crippen molar-refractivity contribution in [2.75, 3.05) is 32.2 Å².